The third kappa shape index (κ3) is 13.0. The smallest absolute Gasteiger partial charge is 0.407 e. The standard InChI is InChI=1S/C18H37NO6/c1-5-18(4,8-12-21)25-15-9-17(2,3)24-14-6-10-19-16(22)23-13-7-11-20/h20-21H,5-15H2,1-4H3,(H,19,22). The summed E-state index contributed by atoms with van der Waals surface area (Å²) in [5.41, 5.74) is -0.597. The molecule has 3 N–H and O–H groups in total. The molecule has 0 saturated heterocycles. The molecule has 0 bridgehead atoms. The van der Waals surface area contributed by atoms with Crippen molar-refractivity contribution in [1.29, 1.82) is 0 Å². The van der Waals surface area contributed by atoms with Gasteiger partial charge in [-0.25, -0.2) is 4.79 Å². The van der Waals surface area contributed by atoms with Crippen LogP contribution in [0.5, 0.6) is 0 Å². The minimum atomic E-state index is -0.469. The molecule has 0 aromatic carbocycles. The van der Waals surface area contributed by atoms with Crippen LogP contribution in [0.1, 0.15) is 59.8 Å². The number of rotatable bonds is 15. The SMILES string of the molecule is CCC(C)(CCO)OCCC(C)(C)OCCCNC(=O)OCCCO. The largest absolute Gasteiger partial charge is 0.449 e. The van der Waals surface area contributed by atoms with E-state index in [0.717, 1.165) is 12.8 Å². The number of hydrogen-bond acceptors (Lipinski definition) is 6. The van der Waals surface area contributed by atoms with Gasteiger partial charge in [-0.2, -0.15) is 0 Å². The van der Waals surface area contributed by atoms with Crippen LogP contribution in [0, 0.1) is 0 Å². The minimum Gasteiger partial charge on any atom is -0.449 e. The maximum Gasteiger partial charge on any atom is 0.407 e. The average molecular weight is 363 g/mol. The van der Waals surface area contributed by atoms with Gasteiger partial charge in [-0.15, -0.1) is 0 Å². The maximum atomic E-state index is 11.3. The zero-order valence-corrected chi connectivity index (χ0v) is 16.3. The van der Waals surface area contributed by atoms with Gasteiger partial charge in [-0.05, 0) is 46.5 Å². The summed E-state index contributed by atoms with van der Waals surface area (Å²) in [7, 11) is 0. The number of hydrogen-bond donors (Lipinski definition) is 3. The number of aliphatic hydroxyl groups excluding tert-OH is 2. The fourth-order valence-electron chi connectivity index (χ4n) is 2.09. The maximum absolute atomic E-state index is 11.3. The quantitative estimate of drug-likeness (QED) is 0.386. The molecular formula is C18H37NO6. The predicted molar refractivity (Wildman–Crippen MR) is 96.7 cm³/mol. The topological polar surface area (TPSA) is 97.2 Å². The van der Waals surface area contributed by atoms with E-state index in [-0.39, 0.29) is 31.0 Å². The summed E-state index contributed by atoms with van der Waals surface area (Å²) in [5, 5.41) is 20.3. The molecule has 7 nitrogen and oxygen atoms in total. The lowest BCUT2D eigenvalue weighted by Gasteiger charge is -2.31. The molecule has 0 heterocycles. The third-order valence-corrected chi connectivity index (χ3v) is 4.16. The summed E-state index contributed by atoms with van der Waals surface area (Å²) in [5.74, 6) is 0. The molecule has 0 rings (SSSR count). The Labute approximate surface area is 152 Å². The normalized spacial score (nSPS) is 14.2. The molecule has 0 saturated carbocycles. The van der Waals surface area contributed by atoms with Gasteiger partial charge in [0.2, 0.25) is 0 Å². The summed E-state index contributed by atoms with van der Waals surface area (Å²) in [6.45, 7) is 10.1. The molecule has 0 aliphatic rings. The zero-order valence-electron chi connectivity index (χ0n) is 16.3. The van der Waals surface area contributed by atoms with Crippen molar-refractivity contribution in [3.63, 3.8) is 0 Å². The van der Waals surface area contributed by atoms with Gasteiger partial charge in [-0.1, -0.05) is 6.92 Å². The molecule has 0 aliphatic carbocycles. The van der Waals surface area contributed by atoms with Crippen molar-refractivity contribution in [1.82, 2.24) is 5.32 Å². The van der Waals surface area contributed by atoms with Gasteiger partial charge >= 0.3 is 6.09 Å². The monoisotopic (exact) mass is 363 g/mol. The van der Waals surface area contributed by atoms with E-state index in [2.05, 4.69) is 12.2 Å². The lowest BCUT2D eigenvalue weighted by atomic mass is 9.99. The molecule has 0 radical (unpaired) electrons. The Hall–Kier alpha value is -0.890. The lowest BCUT2D eigenvalue weighted by molar-refractivity contribution is -0.0861. The predicted octanol–water partition coefficient (Wildman–Crippen LogP) is 2.24. The molecule has 1 amide bonds. The van der Waals surface area contributed by atoms with E-state index in [1.54, 1.807) is 0 Å². The average Bonchev–Trinajstić information content (AvgIpc) is 2.54. The van der Waals surface area contributed by atoms with Crippen LogP contribution in [0.2, 0.25) is 0 Å². The molecular weight excluding hydrogens is 326 g/mol. The summed E-state index contributed by atoms with van der Waals surface area (Å²) in [6, 6.07) is 0. The summed E-state index contributed by atoms with van der Waals surface area (Å²) in [6.07, 6.45) is 2.91. The highest BCUT2D eigenvalue weighted by atomic mass is 16.5. The Morgan fingerprint density at radius 2 is 1.68 bits per heavy atom. The van der Waals surface area contributed by atoms with Crippen molar-refractivity contribution < 1.29 is 29.2 Å². The Balaban J connectivity index is 3.81. The second-order valence-electron chi connectivity index (χ2n) is 6.98. The fourth-order valence-corrected chi connectivity index (χ4v) is 2.09. The van der Waals surface area contributed by atoms with E-state index in [9.17, 15) is 4.79 Å². The first-order valence-electron chi connectivity index (χ1n) is 9.19. The van der Waals surface area contributed by atoms with Gasteiger partial charge < -0.3 is 29.7 Å². The zero-order chi connectivity index (χ0) is 19.2. The van der Waals surface area contributed by atoms with Crippen LogP contribution < -0.4 is 5.32 Å². The van der Waals surface area contributed by atoms with Crippen LogP contribution in [0.25, 0.3) is 0 Å². The highest BCUT2D eigenvalue weighted by molar-refractivity contribution is 5.66. The van der Waals surface area contributed by atoms with Crippen molar-refractivity contribution in [3.05, 3.63) is 0 Å². The number of ether oxygens (including phenoxy) is 3. The van der Waals surface area contributed by atoms with E-state index >= 15 is 0 Å². The first-order valence-corrected chi connectivity index (χ1v) is 9.19. The molecule has 0 fully saturated rings. The van der Waals surface area contributed by atoms with Gasteiger partial charge in [-0.3, -0.25) is 0 Å². The summed E-state index contributed by atoms with van der Waals surface area (Å²) >= 11 is 0. The van der Waals surface area contributed by atoms with Crippen LogP contribution in [-0.4, -0.2) is 67.1 Å². The van der Waals surface area contributed by atoms with Crippen LogP contribution in [-0.2, 0) is 14.2 Å². The number of nitrogens with one attached hydrogen (secondary N) is 1. The highest BCUT2D eigenvalue weighted by Gasteiger charge is 2.24. The summed E-state index contributed by atoms with van der Waals surface area (Å²) in [4.78, 5) is 11.3. The molecule has 0 spiro atoms. The van der Waals surface area contributed by atoms with E-state index in [1.807, 2.05) is 20.8 Å². The second kappa shape index (κ2) is 13.3. The highest BCUT2D eigenvalue weighted by Crippen LogP contribution is 2.22. The lowest BCUT2D eigenvalue weighted by Crippen LogP contribution is -2.33. The van der Waals surface area contributed by atoms with Crippen LogP contribution in [0.4, 0.5) is 4.79 Å². The van der Waals surface area contributed by atoms with Crippen molar-refractivity contribution in [2.45, 2.75) is 71.0 Å². The first-order chi connectivity index (χ1) is 11.8. The van der Waals surface area contributed by atoms with E-state index in [1.165, 1.54) is 0 Å². The Bertz CT molecular complexity index is 350. The van der Waals surface area contributed by atoms with Crippen LogP contribution in [0.3, 0.4) is 0 Å². The van der Waals surface area contributed by atoms with Gasteiger partial charge in [0.15, 0.2) is 0 Å². The third-order valence-electron chi connectivity index (χ3n) is 4.16. The number of aliphatic hydroxyl groups is 2. The number of carbonyl (C=O) groups is 1. The number of alkyl carbamates (subject to hydrolysis) is 1. The second-order valence-corrected chi connectivity index (χ2v) is 6.98. The van der Waals surface area contributed by atoms with E-state index in [0.29, 0.717) is 39.0 Å². The van der Waals surface area contributed by atoms with Crippen molar-refractivity contribution in [2.24, 2.45) is 0 Å². The molecule has 1 unspecified atom stereocenters. The van der Waals surface area contributed by atoms with E-state index in [4.69, 9.17) is 24.4 Å². The number of amides is 1. The fraction of sp³-hybridized carbons (Fsp3) is 0.944. The van der Waals surface area contributed by atoms with E-state index < -0.39 is 6.09 Å². The Morgan fingerprint density at radius 3 is 2.28 bits per heavy atom. The van der Waals surface area contributed by atoms with Crippen LogP contribution in [0.15, 0.2) is 0 Å². The molecule has 1 atom stereocenters. The molecule has 7 heteroatoms. The van der Waals surface area contributed by atoms with Gasteiger partial charge in [0.25, 0.3) is 0 Å². The van der Waals surface area contributed by atoms with Gasteiger partial charge in [0.05, 0.1) is 24.4 Å². The minimum absolute atomic E-state index is 0.0112. The van der Waals surface area contributed by atoms with Crippen molar-refractivity contribution in [2.75, 3.05) is 39.6 Å². The van der Waals surface area contributed by atoms with Crippen LogP contribution >= 0.6 is 0 Å². The van der Waals surface area contributed by atoms with Crippen molar-refractivity contribution >= 4 is 6.09 Å². The molecule has 0 aliphatic heterocycles. The first kappa shape index (κ1) is 24.1. The Morgan fingerprint density at radius 1 is 0.960 bits per heavy atom. The van der Waals surface area contributed by atoms with Crippen molar-refractivity contribution in [3.8, 4) is 0 Å². The van der Waals surface area contributed by atoms with Gasteiger partial charge in [0, 0.05) is 32.8 Å². The summed E-state index contributed by atoms with van der Waals surface area (Å²) < 4.78 is 16.7. The molecule has 150 valence electrons. The molecule has 25 heavy (non-hydrogen) atoms. The van der Waals surface area contributed by atoms with Gasteiger partial charge in [0.1, 0.15) is 0 Å². The molecule has 0 aromatic heterocycles. The molecule has 0 aromatic rings. The number of carbonyl (C=O) groups excluding carboxylic acids is 1. The Kier molecular flexibility index (Phi) is 12.9.